The highest BCUT2D eigenvalue weighted by Gasteiger charge is 2.25. The van der Waals surface area contributed by atoms with E-state index in [1.54, 1.807) is 24.3 Å². The molecule has 0 bridgehead atoms. The van der Waals surface area contributed by atoms with Crippen molar-refractivity contribution in [2.45, 2.75) is 19.4 Å². The van der Waals surface area contributed by atoms with E-state index < -0.39 is 11.6 Å². The monoisotopic (exact) mass is 332 g/mol. The molecule has 0 aromatic heterocycles. The van der Waals surface area contributed by atoms with E-state index in [0.29, 0.717) is 5.75 Å². The van der Waals surface area contributed by atoms with E-state index in [-0.39, 0.29) is 5.56 Å². The van der Waals surface area contributed by atoms with Crippen molar-refractivity contribution in [2.75, 3.05) is 0 Å². The second kappa shape index (κ2) is 6.81. The van der Waals surface area contributed by atoms with Crippen molar-refractivity contribution in [1.82, 2.24) is 0 Å². The van der Waals surface area contributed by atoms with Gasteiger partial charge in [-0.15, -0.1) is 0 Å². The second-order valence-electron chi connectivity index (χ2n) is 6.36. The topological polar surface area (TPSA) is 46.5 Å². The van der Waals surface area contributed by atoms with Gasteiger partial charge in [-0.25, -0.2) is 4.79 Å². The van der Waals surface area contributed by atoms with Gasteiger partial charge in [0.1, 0.15) is 16.9 Å². The standard InChI is InChI=1S/C22H20O3/c1-22(2,25-20-14-7-6-13-19(20)21(23)24)18-12-8-11-17(15-18)16-9-4-3-5-10-16/h3-15H,1-2H3,(H,23,24). The van der Waals surface area contributed by atoms with Gasteiger partial charge < -0.3 is 9.84 Å². The molecule has 25 heavy (non-hydrogen) atoms. The maximum atomic E-state index is 11.4. The normalized spacial score (nSPS) is 11.1. The zero-order valence-corrected chi connectivity index (χ0v) is 14.3. The van der Waals surface area contributed by atoms with Crippen molar-refractivity contribution in [3.05, 3.63) is 90.0 Å². The molecule has 1 N–H and O–H groups in total. The van der Waals surface area contributed by atoms with Crippen molar-refractivity contribution >= 4 is 5.97 Å². The number of carbonyl (C=O) groups is 1. The van der Waals surface area contributed by atoms with Crippen LogP contribution >= 0.6 is 0 Å². The van der Waals surface area contributed by atoms with Crippen LogP contribution in [0.25, 0.3) is 11.1 Å². The van der Waals surface area contributed by atoms with Crippen molar-refractivity contribution < 1.29 is 14.6 Å². The Balaban J connectivity index is 1.95. The molecule has 3 rings (SSSR count). The highest BCUT2D eigenvalue weighted by molar-refractivity contribution is 5.90. The SMILES string of the molecule is CC(C)(Oc1ccccc1C(=O)O)c1cccc(-c2ccccc2)c1. The fourth-order valence-electron chi connectivity index (χ4n) is 2.77. The second-order valence-corrected chi connectivity index (χ2v) is 6.36. The van der Waals surface area contributed by atoms with Gasteiger partial charge >= 0.3 is 5.97 Å². The van der Waals surface area contributed by atoms with Crippen LogP contribution in [-0.2, 0) is 5.60 Å². The minimum Gasteiger partial charge on any atom is -0.482 e. The summed E-state index contributed by atoms with van der Waals surface area (Å²) >= 11 is 0. The van der Waals surface area contributed by atoms with Crippen LogP contribution in [0.5, 0.6) is 5.75 Å². The average Bonchev–Trinajstić information content (AvgIpc) is 2.62. The van der Waals surface area contributed by atoms with Gasteiger partial charge in [0.05, 0.1) is 0 Å². The number of aromatic carboxylic acids is 1. The lowest BCUT2D eigenvalue weighted by Crippen LogP contribution is -2.26. The molecule has 126 valence electrons. The molecule has 0 saturated heterocycles. The first kappa shape index (κ1) is 16.8. The third-order valence-corrected chi connectivity index (χ3v) is 4.15. The van der Waals surface area contributed by atoms with Gasteiger partial charge in [0.25, 0.3) is 0 Å². The predicted molar refractivity (Wildman–Crippen MR) is 98.9 cm³/mol. The molecule has 3 aromatic carbocycles. The Hall–Kier alpha value is -3.07. The maximum absolute atomic E-state index is 11.4. The van der Waals surface area contributed by atoms with E-state index in [0.717, 1.165) is 16.7 Å². The van der Waals surface area contributed by atoms with Crippen LogP contribution in [0, 0.1) is 0 Å². The van der Waals surface area contributed by atoms with E-state index in [4.69, 9.17) is 4.74 Å². The van der Waals surface area contributed by atoms with Crippen LogP contribution in [0.2, 0.25) is 0 Å². The van der Waals surface area contributed by atoms with Gasteiger partial charge in [-0.1, -0.05) is 60.7 Å². The molecule has 0 radical (unpaired) electrons. The lowest BCUT2D eigenvalue weighted by atomic mass is 9.94. The van der Waals surface area contributed by atoms with Gasteiger partial charge in [0.15, 0.2) is 0 Å². The van der Waals surface area contributed by atoms with Crippen molar-refractivity contribution in [1.29, 1.82) is 0 Å². The van der Waals surface area contributed by atoms with Gasteiger partial charge in [-0.2, -0.15) is 0 Å². The number of carboxylic acids is 1. The number of hydrogen-bond donors (Lipinski definition) is 1. The van der Waals surface area contributed by atoms with Crippen molar-refractivity contribution in [3.8, 4) is 16.9 Å². The lowest BCUT2D eigenvalue weighted by Gasteiger charge is -2.28. The molecule has 0 fully saturated rings. The fourth-order valence-corrected chi connectivity index (χ4v) is 2.77. The zero-order valence-electron chi connectivity index (χ0n) is 14.3. The molecule has 3 heteroatoms. The van der Waals surface area contributed by atoms with E-state index >= 15 is 0 Å². The molecule has 0 saturated carbocycles. The summed E-state index contributed by atoms with van der Waals surface area (Å²) in [7, 11) is 0. The minimum atomic E-state index is -0.996. The van der Waals surface area contributed by atoms with E-state index in [2.05, 4.69) is 24.3 Å². The number of carboxylic acid groups (broad SMARTS) is 1. The number of ether oxygens (including phenoxy) is 1. The Morgan fingerprint density at radius 1 is 0.840 bits per heavy atom. The van der Waals surface area contributed by atoms with Crippen LogP contribution in [0.15, 0.2) is 78.9 Å². The number of hydrogen-bond acceptors (Lipinski definition) is 2. The summed E-state index contributed by atoms with van der Waals surface area (Å²) in [5.41, 5.74) is 2.70. The van der Waals surface area contributed by atoms with E-state index in [1.165, 1.54) is 0 Å². The molecule has 3 aromatic rings. The first-order chi connectivity index (χ1) is 12.0. The third-order valence-electron chi connectivity index (χ3n) is 4.15. The lowest BCUT2D eigenvalue weighted by molar-refractivity contribution is 0.0672. The summed E-state index contributed by atoms with van der Waals surface area (Å²) in [5.74, 6) is -0.630. The molecule has 0 amide bonds. The van der Waals surface area contributed by atoms with Crippen molar-refractivity contribution in [3.63, 3.8) is 0 Å². The molecule has 0 unspecified atom stereocenters. The largest absolute Gasteiger partial charge is 0.482 e. The Morgan fingerprint density at radius 2 is 1.48 bits per heavy atom. The molecular formula is C22H20O3. The molecule has 0 heterocycles. The molecule has 3 nitrogen and oxygen atoms in total. The predicted octanol–water partition coefficient (Wildman–Crippen LogP) is 5.37. The highest BCUT2D eigenvalue weighted by atomic mass is 16.5. The Bertz CT molecular complexity index is 883. The Morgan fingerprint density at radius 3 is 2.20 bits per heavy atom. The summed E-state index contributed by atoms with van der Waals surface area (Å²) in [4.78, 5) is 11.4. The molecule has 0 aliphatic rings. The molecule has 0 atom stereocenters. The van der Waals surface area contributed by atoms with Gasteiger partial charge in [-0.3, -0.25) is 0 Å². The van der Waals surface area contributed by atoms with E-state index in [9.17, 15) is 9.90 Å². The average molecular weight is 332 g/mol. The number of benzene rings is 3. The minimum absolute atomic E-state index is 0.162. The molecular weight excluding hydrogens is 312 g/mol. The molecule has 0 spiro atoms. The van der Waals surface area contributed by atoms with Crippen molar-refractivity contribution in [2.24, 2.45) is 0 Å². The van der Waals surface area contributed by atoms with Crippen LogP contribution in [0.1, 0.15) is 29.8 Å². The zero-order chi connectivity index (χ0) is 17.9. The molecule has 0 aliphatic heterocycles. The van der Waals surface area contributed by atoms with Gasteiger partial charge in [-0.05, 0) is 48.7 Å². The first-order valence-electron chi connectivity index (χ1n) is 8.15. The van der Waals surface area contributed by atoms with Crippen LogP contribution in [0.4, 0.5) is 0 Å². The Kier molecular flexibility index (Phi) is 4.57. The third kappa shape index (κ3) is 3.72. The van der Waals surface area contributed by atoms with Gasteiger partial charge in [0.2, 0.25) is 0 Å². The summed E-state index contributed by atoms with van der Waals surface area (Å²) in [5, 5.41) is 9.35. The van der Waals surface area contributed by atoms with E-state index in [1.807, 2.05) is 44.2 Å². The Labute approximate surface area is 147 Å². The molecule has 0 aliphatic carbocycles. The summed E-state index contributed by atoms with van der Waals surface area (Å²) in [6, 6.07) is 25.0. The summed E-state index contributed by atoms with van der Waals surface area (Å²) in [6.45, 7) is 3.88. The quantitative estimate of drug-likeness (QED) is 0.683. The van der Waals surface area contributed by atoms with Crippen LogP contribution in [-0.4, -0.2) is 11.1 Å². The summed E-state index contributed by atoms with van der Waals surface area (Å²) < 4.78 is 6.09. The summed E-state index contributed by atoms with van der Waals surface area (Å²) in [6.07, 6.45) is 0. The highest BCUT2D eigenvalue weighted by Crippen LogP contribution is 2.32. The fraction of sp³-hybridized carbons (Fsp3) is 0.136. The maximum Gasteiger partial charge on any atom is 0.339 e. The van der Waals surface area contributed by atoms with Crippen LogP contribution in [0.3, 0.4) is 0 Å². The smallest absolute Gasteiger partial charge is 0.339 e. The number of rotatable bonds is 5. The van der Waals surface area contributed by atoms with Gasteiger partial charge in [0, 0.05) is 0 Å². The number of para-hydroxylation sites is 1. The first-order valence-corrected chi connectivity index (χ1v) is 8.15. The van der Waals surface area contributed by atoms with Crippen LogP contribution < -0.4 is 4.74 Å².